The average molecular weight is 331 g/mol. The lowest BCUT2D eigenvalue weighted by Gasteiger charge is -2.12. The van der Waals surface area contributed by atoms with Gasteiger partial charge in [-0.05, 0) is 48.6 Å². The standard InChI is InChI=1S/C19H23ClN2O/c1-3-4-7-15-10-11-18(14(2)12-15)22-19(23)21-13-16-8-5-6-9-17(16)20/h5-6,8-12H,3-4,7,13H2,1-2H3,(H2,21,22,23). The van der Waals surface area contributed by atoms with E-state index in [4.69, 9.17) is 11.6 Å². The van der Waals surface area contributed by atoms with Gasteiger partial charge in [0.25, 0.3) is 0 Å². The van der Waals surface area contributed by atoms with Gasteiger partial charge in [0, 0.05) is 17.3 Å². The van der Waals surface area contributed by atoms with Crippen LogP contribution in [0.1, 0.15) is 36.5 Å². The number of hydrogen-bond donors (Lipinski definition) is 2. The summed E-state index contributed by atoms with van der Waals surface area (Å²) >= 11 is 6.08. The number of carbonyl (C=O) groups excluding carboxylic acids is 1. The van der Waals surface area contributed by atoms with Gasteiger partial charge in [-0.1, -0.05) is 55.3 Å². The molecule has 2 rings (SSSR count). The topological polar surface area (TPSA) is 41.1 Å². The quantitative estimate of drug-likeness (QED) is 0.740. The van der Waals surface area contributed by atoms with Crippen molar-refractivity contribution in [2.75, 3.05) is 5.32 Å². The summed E-state index contributed by atoms with van der Waals surface area (Å²) in [4.78, 5) is 12.0. The largest absolute Gasteiger partial charge is 0.334 e. The fourth-order valence-electron chi connectivity index (χ4n) is 2.39. The van der Waals surface area contributed by atoms with E-state index in [1.165, 1.54) is 18.4 Å². The number of nitrogens with one attached hydrogen (secondary N) is 2. The van der Waals surface area contributed by atoms with Gasteiger partial charge in [-0.15, -0.1) is 0 Å². The molecule has 0 heterocycles. The highest BCUT2D eigenvalue weighted by Gasteiger charge is 2.06. The molecule has 2 aromatic rings. The van der Waals surface area contributed by atoms with E-state index < -0.39 is 0 Å². The SMILES string of the molecule is CCCCc1ccc(NC(=O)NCc2ccccc2Cl)c(C)c1. The highest BCUT2D eigenvalue weighted by Crippen LogP contribution is 2.18. The number of rotatable bonds is 6. The summed E-state index contributed by atoms with van der Waals surface area (Å²) in [6, 6.07) is 13.4. The van der Waals surface area contributed by atoms with E-state index in [0.717, 1.165) is 23.2 Å². The van der Waals surface area contributed by atoms with Crippen LogP contribution in [-0.2, 0) is 13.0 Å². The maximum absolute atomic E-state index is 12.0. The van der Waals surface area contributed by atoms with Crippen molar-refractivity contribution in [3.8, 4) is 0 Å². The summed E-state index contributed by atoms with van der Waals surface area (Å²) in [6.45, 7) is 4.60. The van der Waals surface area contributed by atoms with Crippen LogP contribution in [0.15, 0.2) is 42.5 Å². The summed E-state index contributed by atoms with van der Waals surface area (Å²) in [7, 11) is 0. The minimum absolute atomic E-state index is 0.227. The normalized spacial score (nSPS) is 10.4. The molecule has 0 radical (unpaired) electrons. The Hall–Kier alpha value is -2.00. The third-order valence-corrected chi connectivity index (χ3v) is 4.12. The Morgan fingerprint density at radius 2 is 1.96 bits per heavy atom. The first-order valence-corrected chi connectivity index (χ1v) is 8.35. The lowest BCUT2D eigenvalue weighted by Crippen LogP contribution is -2.28. The second-order valence-corrected chi connectivity index (χ2v) is 6.06. The van der Waals surface area contributed by atoms with Crippen molar-refractivity contribution < 1.29 is 4.79 Å². The van der Waals surface area contributed by atoms with Gasteiger partial charge in [-0.25, -0.2) is 4.79 Å². The summed E-state index contributed by atoms with van der Waals surface area (Å²) in [6.07, 6.45) is 3.45. The Morgan fingerprint density at radius 3 is 2.65 bits per heavy atom. The van der Waals surface area contributed by atoms with Crippen molar-refractivity contribution >= 4 is 23.3 Å². The van der Waals surface area contributed by atoms with E-state index in [2.05, 4.69) is 29.7 Å². The molecular formula is C19H23ClN2O. The van der Waals surface area contributed by atoms with Crippen molar-refractivity contribution in [2.24, 2.45) is 0 Å². The molecule has 0 spiro atoms. The zero-order valence-corrected chi connectivity index (χ0v) is 14.4. The lowest BCUT2D eigenvalue weighted by molar-refractivity contribution is 0.251. The van der Waals surface area contributed by atoms with E-state index in [0.29, 0.717) is 11.6 Å². The Morgan fingerprint density at radius 1 is 1.17 bits per heavy atom. The molecule has 2 N–H and O–H groups in total. The molecule has 0 aliphatic rings. The summed E-state index contributed by atoms with van der Waals surface area (Å²) in [5.41, 5.74) is 4.12. The van der Waals surface area contributed by atoms with Crippen molar-refractivity contribution in [1.29, 1.82) is 0 Å². The van der Waals surface area contributed by atoms with Crippen LogP contribution in [0, 0.1) is 6.92 Å². The second kappa shape index (κ2) is 8.59. The monoisotopic (exact) mass is 330 g/mol. The van der Waals surface area contributed by atoms with Gasteiger partial charge in [-0.3, -0.25) is 0 Å². The van der Waals surface area contributed by atoms with Crippen LogP contribution in [0.4, 0.5) is 10.5 Å². The predicted octanol–water partition coefficient (Wildman–Crippen LogP) is 5.31. The Bertz CT molecular complexity index is 670. The third kappa shape index (κ3) is 5.29. The first kappa shape index (κ1) is 17.4. The van der Waals surface area contributed by atoms with Gasteiger partial charge in [0.05, 0.1) is 0 Å². The second-order valence-electron chi connectivity index (χ2n) is 5.65. The number of unbranched alkanes of at least 4 members (excludes halogenated alkanes) is 1. The van der Waals surface area contributed by atoms with Gasteiger partial charge in [0.15, 0.2) is 0 Å². The summed E-state index contributed by atoms with van der Waals surface area (Å²) < 4.78 is 0. The number of benzene rings is 2. The Labute approximate surface area is 143 Å². The van der Waals surface area contributed by atoms with Crippen molar-refractivity contribution in [3.63, 3.8) is 0 Å². The maximum atomic E-state index is 12.0. The van der Waals surface area contributed by atoms with Gasteiger partial charge >= 0.3 is 6.03 Å². The van der Waals surface area contributed by atoms with Crippen LogP contribution in [0.5, 0.6) is 0 Å². The van der Waals surface area contributed by atoms with E-state index >= 15 is 0 Å². The molecule has 4 heteroatoms. The van der Waals surface area contributed by atoms with E-state index in [9.17, 15) is 4.79 Å². The molecule has 2 amide bonds. The molecule has 0 aliphatic heterocycles. The molecule has 122 valence electrons. The predicted molar refractivity (Wildman–Crippen MR) is 97.1 cm³/mol. The Kier molecular flexibility index (Phi) is 6.48. The lowest BCUT2D eigenvalue weighted by atomic mass is 10.0. The third-order valence-electron chi connectivity index (χ3n) is 3.76. The molecule has 0 aliphatic carbocycles. The molecule has 2 aromatic carbocycles. The van der Waals surface area contributed by atoms with Crippen LogP contribution in [-0.4, -0.2) is 6.03 Å². The van der Waals surface area contributed by atoms with Gasteiger partial charge in [-0.2, -0.15) is 0 Å². The van der Waals surface area contributed by atoms with Gasteiger partial charge in [0.1, 0.15) is 0 Å². The first-order valence-electron chi connectivity index (χ1n) is 7.98. The number of anilines is 1. The van der Waals surface area contributed by atoms with E-state index in [-0.39, 0.29) is 6.03 Å². The molecule has 0 saturated heterocycles. The van der Waals surface area contributed by atoms with Crippen molar-refractivity contribution in [1.82, 2.24) is 5.32 Å². The number of halogens is 1. The molecule has 0 bridgehead atoms. The van der Waals surface area contributed by atoms with Gasteiger partial charge < -0.3 is 10.6 Å². The van der Waals surface area contributed by atoms with Crippen LogP contribution < -0.4 is 10.6 Å². The molecule has 0 atom stereocenters. The molecule has 3 nitrogen and oxygen atoms in total. The Balaban J connectivity index is 1.91. The summed E-state index contributed by atoms with van der Waals surface area (Å²) in [5, 5.41) is 6.38. The fraction of sp³-hybridized carbons (Fsp3) is 0.316. The highest BCUT2D eigenvalue weighted by molar-refractivity contribution is 6.31. The maximum Gasteiger partial charge on any atom is 0.319 e. The van der Waals surface area contributed by atoms with Crippen LogP contribution >= 0.6 is 11.6 Å². The molecule has 0 unspecified atom stereocenters. The van der Waals surface area contributed by atoms with Crippen molar-refractivity contribution in [2.45, 2.75) is 39.7 Å². The van der Waals surface area contributed by atoms with Crippen LogP contribution in [0.25, 0.3) is 0 Å². The van der Waals surface area contributed by atoms with Gasteiger partial charge in [0.2, 0.25) is 0 Å². The number of amides is 2. The van der Waals surface area contributed by atoms with Crippen molar-refractivity contribution in [3.05, 3.63) is 64.2 Å². The molecule has 0 saturated carbocycles. The minimum atomic E-state index is -0.227. The number of aryl methyl sites for hydroxylation is 2. The number of urea groups is 1. The van der Waals surface area contributed by atoms with Crippen LogP contribution in [0.3, 0.4) is 0 Å². The zero-order chi connectivity index (χ0) is 16.7. The van der Waals surface area contributed by atoms with E-state index in [1.807, 2.05) is 37.3 Å². The minimum Gasteiger partial charge on any atom is -0.334 e. The van der Waals surface area contributed by atoms with Crippen LogP contribution in [0.2, 0.25) is 5.02 Å². The fourth-order valence-corrected chi connectivity index (χ4v) is 2.59. The highest BCUT2D eigenvalue weighted by atomic mass is 35.5. The molecule has 23 heavy (non-hydrogen) atoms. The molecule has 0 aromatic heterocycles. The smallest absolute Gasteiger partial charge is 0.319 e. The number of hydrogen-bond acceptors (Lipinski definition) is 1. The summed E-state index contributed by atoms with van der Waals surface area (Å²) in [5.74, 6) is 0. The molecule has 0 fully saturated rings. The van der Waals surface area contributed by atoms with E-state index in [1.54, 1.807) is 0 Å². The first-order chi connectivity index (χ1) is 11.1. The number of carbonyl (C=O) groups is 1. The zero-order valence-electron chi connectivity index (χ0n) is 13.7. The molecular weight excluding hydrogens is 308 g/mol. The average Bonchev–Trinajstić information content (AvgIpc) is 2.54.